The molecule has 0 aromatic heterocycles. The smallest absolute Gasteiger partial charge is 0.0106 e. The Morgan fingerprint density at radius 1 is 1.06 bits per heavy atom. The lowest BCUT2D eigenvalue weighted by molar-refractivity contribution is 0.617. The van der Waals surface area contributed by atoms with E-state index >= 15 is 0 Å². The third-order valence-corrected chi connectivity index (χ3v) is 2.73. The van der Waals surface area contributed by atoms with Crippen molar-refractivity contribution >= 4 is 0 Å². The van der Waals surface area contributed by atoms with E-state index in [-0.39, 0.29) is 0 Å². The molecule has 1 aliphatic heterocycles. The van der Waals surface area contributed by atoms with Crippen molar-refractivity contribution in [1.82, 2.24) is 4.90 Å². The Kier molecular flexibility index (Phi) is 4.84. The Balaban J connectivity index is 2.97. The topological polar surface area (TPSA) is 3.24 Å². The Hall–Kier alpha value is -1.50. The SMILES string of the molecule is CC1=C\C=C/N(C)/C=C\[C@@H](C)/C(C)=C/C=C\1. The maximum atomic E-state index is 2.21. The van der Waals surface area contributed by atoms with E-state index in [9.17, 15) is 0 Å². The number of hydrogen-bond acceptors (Lipinski definition) is 1. The normalized spacial score (nSPS) is 34.8. The van der Waals surface area contributed by atoms with Gasteiger partial charge in [-0.1, -0.05) is 48.5 Å². The van der Waals surface area contributed by atoms with Crippen LogP contribution in [0, 0.1) is 5.92 Å². The fourth-order valence-electron chi connectivity index (χ4n) is 1.36. The molecule has 1 atom stereocenters. The number of rotatable bonds is 0. The zero-order valence-corrected chi connectivity index (χ0v) is 10.6. The van der Waals surface area contributed by atoms with Crippen molar-refractivity contribution in [3.63, 3.8) is 0 Å². The summed E-state index contributed by atoms with van der Waals surface area (Å²) in [6, 6.07) is 0. The summed E-state index contributed by atoms with van der Waals surface area (Å²) in [6.07, 6.45) is 17.0. The van der Waals surface area contributed by atoms with Gasteiger partial charge in [0, 0.05) is 13.2 Å². The van der Waals surface area contributed by atoms with Crippen molar-refractivity contribution in [3.05, 3.63) is 60.0 Å². The fourth-order valence-corrected chi connectivity index (χ4v) is 1.36. The summed E-state index contributed by atoms with van der Waals surface area (Å²) in [4.78, 5) is 2.07. The Labute approximate surface area is 99.2 Å². The molecule has 0 aromatic carbocycles. The molecule has 0 saturated carbocycles. The lowest BCUT2D eigenvalue weighted by Gasteiger charge is -2.10. The Morgan fingerprint density at radius 3 is 2.56 bits per heavy atom. The molecule has 16 heavy (non-hydrogen) atoms. The molecule has 0 N–H and O–H groups in total. The first-order valence-corrected chi connectivity index (χ1v) is 5.70. The molecule has 0 aromatic rings. The predicted octanol–water partition coefficient (Wildman–Crippen LogP) is 4.04. The van der Waals surface area contributed by atoms with E-state index in [1.165, 1.54) is 11.1 Å². The number of allylic oxidation sites excluding steroid dienone is 8. The molecule has 1 heterocycles. The van der Waals surface area contributed by atoms with Crippen LogP contribution in [0.4, 0.5) is 0 Å². The van der Waals surface area contributed by atoms with Gasteiger partial charge in [-0.2, -0.15) is 0 Å². The average Bonchev–Trinajstić information content (AvgIpc) is 2.24. The monoisotopic (exact) mass is 215 g/mol. The van der Waals surface area contributed by atoms with E-state index in [0.29, 0.717) is 5.92 Å². The summed E-state index contributed by atoms with van der Waals surface area (Å²) in [7, 11) is 2.05. The summed E-state index contributed by atoms with van der Waals surface area (Å²) in [6.45, 7) is 6.48. The lowest BCUT2D eigenvalue weighted by Crippen LogP contribution is -2.01. The minimum Gasteiger partial charge on any atom is -0.358 e. The Morgan fingerprint density at radius 2 is 1.81 bits per heavy atom. The standard InChI is InChI=1S/C15H21N/c1-13-7-5-9-14(2)15(3)10-12-16(4)11-6-8-13/h5-12,15H,1-4H3/b7-5-,11-6-,12-10-,13-8+,14-9+/t15-/m1/s1. The Bertz CT molecular complexity index is 367. The van der Waals surface area contributed by atoms with Crippen LogP contribution in [0.15, 0.2) is 60.0 Å². The summed E-state index contributed by atoms with van der Waals surface area (Å²) in [5.74, 6) is 0.476. The number of nitrogens with zero attached hydrogens (tertiary/aromatic N) is 1. The van der Waals surface area contributed by atoms with Crippen molar-refractivity contribution < 1.29 is 0 Å². The van der Waals surface area contributed by atoms with Crippen molar-refractivity contribution in [2.75, 3.05) is 7.05 Å². The summed E-state index contributed by atoms with van der Waals surface area (Å²) < 4.78 is 0. The molecule has 0 radical (unpaired) electrons. The van der Waals surface area contributed by atoms with Gasteiger partial charge in [-0.05, 0) is 32.0 Å². The maximum Gasteiger partial charge on any atom is 0.0106 e. The van der Waals surface area contributed by atoms with Gasteiger partial charge in [0.15, 0.2) is 0 Å². The highest BCUT2D eigenvalue weighted by molar-refractivity contribution is 5.27. The third kappa shape index (κ3) is 4.35. The van der Waals surface area contributed by atoms with Crippen molar-refractivity contribution in [3.8, 4) is 0 Å². The van der Waals surface area contributed by atoms with Gasteiger partial charge in [-0.15, -0.1) is 0 Å². The second-order valence-electron chi connectivity index (χ2n) is 4.32. The van der Waals surface area contributed by atoms with E-state index in [4.69, 9.17) is 0 Å². The molecule has 0 bridgehead atoms. The molecule has 0 amide bonds. The van der Waals surface area contributed by atoms with Crippen LogP contribution in [-0.2, 0) is 0 Å². The molecule has 1 rings (SSSR count). The van der Waals surface area contributed by atoms with Gasteiger partial charge in [0.1, 0.15) is 0 Å². The van der Waals surface area contributed by atoms with Gasteiger partial charge < -0.3 is 4.90 Å². The molecule has 1 aliphatic rings. The van der Waals surface area contributed by atoms with Crippen LogP contribution in [0.3, 0.4) is 0 Å². The summed E-state index contributed by atoms with van der Waals surface area (Å²) >= 11 is 0. The summed E-state index contributed by atoms with van der Waals surface area (Å²) in [5, 5.41) is 0. The van der Waals surface area contributed by atoms with Crippen molar-refractivity contribution in [2.24, 2.45) is 5.92 Å². The van der Waals surface area contributed by atoms with Crippen LogP contribution in [0.25, 0.3) is 0 Å². The molecule has 1 nitrogen and oxygen atoms in total. The minimum absolute atomic E-state index is 0.476. The van der Waals surface area contributed by atoms with Crippen LogP contribution in [0.2, 0.25) is 0 Å². The van der Waals surface area contributed by atoms with Gasteiger partial charge in [0.2, 0.25) is 0 Å². The molecule has 0 fully saturated rings. The average molecular weight is 215 g/mol. The highest BCUT2D eigenvalue weighted by atomic mass is 15.0. The van der Waals surface area contributed by atoms with Crippen LogP contribution >= 0.6 is 0 Å². The van der Waals surface area contributed by atoms with Crippen LogP contribution < -0.4 is 0 Å². The largest absolute Gasteiger partial charge is 0.358 e. The molecular weight excluding hydrogens is 194 g/mol. The van der Waals surface area contributed by atoms with E-state index in [2.05, 4.69) is 74.5 Å². The second kappa shape index (κ2) is 6.16. The molecule has 0 aliphatic carbocycles. The van der Waals surface area contributed by atoms with Gasteiger partial charge in [0.05, 0.1) is 0 Å². The predicted molar refractivity (Wildman–Crippen MR) is 71.9 cm³/mol. The van der Waals surface area contributed by atoms with E-state index in [1.807, 2.05) is 7.05 Å². The minimum atomic E-state index is 0.476. The quantitative estimate of drug-likeness (QED) is 0.589. The van der Waals surface area contributed by atoms with Gasteiger partial charge in [-0.25, -0.2) is 0 Å². The van der Waals surface area contributed by atoms with E-state index in [0.717, 1.165) is 0 Å². The van der Waals surface area contributed by atoms with Gasteiger partial charge in [0.25, 0.3) is 0 Å². The first-order chi connectivity index (χ1) is 7.59. The first-order valence-electron chi connectivity index (χ1n) is 5.70. The molecule has 1 heteroatoms. The van der Waals surface area contributed by atoms with Gasteiger partial charge >= 0.3 is 0 Å². The highest BCUT2D eigenvalue weighted by Gasteiger charge is 1.98. The molecule has 0 unspecified atom stereocenters. The zero-order valence-electron chi connectivity index (χ0n) is 10.6. The van der Waals surface area contributed by atoms with Gasteiger partial charge in [-0.3, -0.25) is 0 Å². The van der Waals surface area contributed by atoms with Crippen LogP contribution in [0.5, 0.6) is 0 Å². The molecular formula is C15H21N. The zero-order chi connectivity index (χ0) is 12.0. The van der Waals surface area contributed by atoms with Crippen molar-refractivity contribution in [2.45, 2.75) is 20.8 Å². The lowest BCUT2D eigenvalue weighted by atomic mass is 10.0. The fraction of sp³-hybridized carbons (Fsp3) is 0.333. The highest BCUT2D eigenvalue weighted by Crippen LogP contribution is 2.12. The molecule has 86 valence electrons. The molecule has 0 spiro atoms. The van der Waals surface area contributed by atoms with E-state index < -0.39 is 0 Å². The number of hydrogen-bond donors (Lipinski definition) is 0. The first kappa shape index (κ1) is 12.6. The third-order valence-electron chi connectivity index (χ3n) is 2.73. The molecule has 0 saturated heterocycles. The second-order valence-corrected chi connectivity index (χ2v) is 4.32. The van der Waals surface area contributed by atoms with E-state index in [1.54, 1.807) is 0 Å². The summed E-state index contributed by atoms with van der Waals surface area (Å²) in [5.41, 5.74) is 2.63. The van der Waals surface area contributed by atoms with Crippen LogP contribution in [0.1, 0.15) is 20.8 Å². The van der Waals surface area contributed by atoms with Crippen molar-refractivity contribution in [1.29, 1.82) is 0 Å². The maximum absolute atomic E-state index is 2.21. The van der Waals surface area contributed by atoms with Crippen LogP contribution in [-0.4, -0.2) is 11.9 Å².